The zero-order valence-electron chi connectivity index (χ0n) is 15.7. The van der Waals surface area contributed by atoms with Crippen molar-refractivity contribution in [3.8, 4) is 28.0 Å². The molecule has 0 atom stereocenters. The van der Waals surface area contributed by atoms with Crippen LogP contribution in [0.4, 0.5) is 8.78 Å². The number of nitrogens with two attached hydrogens (primary N) is 1. The van der Waals surface area contributed by atoms with E-state index < -0.39 is 17.5 Å². The Balaban J connectivity index is 2.47. The van der Waals surface area contributed by atoms with E-state index in [1.165, 1.54) is 30.3 Å². The minimum Gasteiger partial charge on any atom is -0.508 e. The van der Waals surface area contributed by atoms with E-state index in [-0.39, 0.29) is 22.4 Å². The Bertz CT molecular complexity index is 1040. The van der Waals surface area contributed by atoms with Crippen LogP contribution in [0.15, 0.2) is 48.5 Å². The van der Waals surface area contributed by atoms with Gasteiger partial charge < -0.3 is 10.8 Å². The zero-order valence-corrected chi connectivity index (χ0v) is 15.7. The zero-order chi connectivity index (χ0) is 20.4. The van der Waals surface area contributed by atoms with Crippen LogP contribution >= 0.6 is 0 Å². The SMILES string of the molecule is CCCc1cc(C(N)=O)c(-c2cc(F)ccc2C)c(-c2ccc(O)cc2)c1F. The molecule has 144 valence electrons. The van der Waals surface area contributed by atoms with E-state index in [0.29, 0.717) is 35.1 Å². The first kappa shape index (κ1) is 19.5. The van der Waals surface area contributed by atoms with Crippen LogP contribution in [0.1, 0.15) is 34.8 Å². The maximum atomic E-state index is 15.6. The summed E-state index contributed by atoms with van der Waals surface area (Å²) in [6.45, 7) is 3.67. The van der Waals surface area contributed by atoms with Gasteiger partial charge in [0.15, 0.2) is 0 Å². The van der Waals surface area contributed by atoms with Crippen molar-refractivity contribution in [3.63, 3.8) is 0 Å². The highest BCUT2D eigenvalue weighted by atomic mass is 19.1. The van der Waals surface area contributed by atoms with Crippen molar-refractivity contribution in [3.05, 3.63) is 76.9 Å². The molecule has 0 aliphatic carbocycles. The molecule has 0 fully saturated rings. The van der Waals surface area contributed by atoms with Gasteiger partial charge in [0.1, 0.15) is 17.4 Å². The Labute approximate surface area is 162 Å². The van der Waals surface area contributed by atoms with Crippen LogP contribution in [0.25, 0.3) is 22.3 Å². The number of hydrogen-bond acceptors (Lipinski definition) is 2. The normalized spacial score (nSPS) is 10.9. The molecule has 0 radical (unpaired) electrons. The summed E-state index contributed by atoms with van der Waals surface area (Å²) in [5.41, 5.74) is 8.13. The lowest BCUT2D eigenvalue weighted by Gasteiger charge is -2.19. The fourth-order valence-corrected chi connectivity index (χ4v) is 3.40. The van der Waals surface area contributed by atoms with Gasteiger partial charge >= 0.3 is 0 Å². The summed E-state index contributed by atoms with van der Waals surface area (Å²) in [7, 11) is 0. The van der Waals surface area contributed by atoms with E-state index in [9.17, 15) is 14.3 Å². The number of phenols is 1. The fourth-order valence-electron chi connectivity index (χ4n) is 3.40. The Hall–Kier alpha value is -3.21. The number of benzene rings is 3. The topological polar surface area (TPSA) is 63.3 Å². The van der Waals surface area contributed by atoms with E-state index in [1.54, 1.807) is 25.1 Å². The van der Waals surface area contributed by atoms with Gasteiger partial charge in [0.05, 0.1) is 0 Å². The van der Waals surface area contributed by atoms with Gasteiger partial charge in [0.25, 0.3) is 0 Å². The largest absolute Gasteiger partial charge is 0.508 e. The molecule has 0 aliphatic rings. The second-order valence-corrected chi connectivity index (χ2v) is 6.77. The van der Waals surface area contributed by atoms with Crippen LogP contribution in [0.5, 0.6) is 5.75 Å². The standard InChI is InChI=1S/C23H21F2NO2/c1-3-4-15-11-19(23(26)28)21(18-12-16(24)8-5-13(18)2)20(22(15)25)14-6-9-17(27)10-7-14/h5-12,27H,3-4H2,1-2H3,(H2,26,28). The van der Waals surface area contributed by atoms with Gasteiger partial charge in [0.2, 0.25) is 5.91 Å². The monoisotopic (exact) mass is 381 g/mol. The average molecular weight is 381 g/mol. The molecule has 0 saturated carbocycles. The van der Waals surface area contributed by atoms with Gasteiger partial charge in [-0.3, -0.25) is 4.79 Å². The minimum absolute atomic E-state index is 0.0347. The number of aromatic hydroxyl groups is 1. The molecular formula is C23H21F2NO2. The van der Waals surface area contributed by atoms with Gasteiger partial charge in [-0.05, 0) is 65.9 Å². The lowest BCUT2D eigenvalue weighted by Crippen LogP contribution is -2.15. The number of carbonyl (C=O) groups excluding carboxylic acids is 1. The maximum Gasteiger partial charge on any atom is 0.249 e. The third-order valence-corrected chi connectivity index (χ3v) is 4.75. The number of rotatable bonds is 5. The number of primary amides is 1. The molecule has 3 aromatic carbocycles. The predicted octanol–water partition coefficient (Wildman–Crippen LogP) is 5.36. The number of aryl methyl sites for hydroxylation is 2. The Morgan fingerprint density at radius 1 is 1.04 bits per heavy atom. The Morgan fingerprint density at radius 2 is 1.71 bits per heavy atom. The van der Waals surface area contributed by atoms with Crippen molar-refractivity contribution in [1.82, 2.24) is 0 Å². The lowest BCUT2D eigenvalue weighted by molar-refractivity contribution is 0.100. The van der Waals surface area contributed by atoms with Gasteiger partial charge in [-0.2, -0.15) is 0 Å². The van der Waals surface area contributed by atoms with Crippen LogP contribution in [0.3, 0.4) is 0 Å². The molecule has 0 aliphatic heterocycles. The van der Waals surface area contributed by atoms with Gasteiger partial charge in [-0.25, -0.2) is 8.78 Å². The van der Waals surface area contributed by atoms with E-state index >= 15 is 4.39 Å². The summed E-state index contributed by atoms with van der Waals surface area (Å²) in [4.78, 5) is 12.3. The second kappa shape index (κ2) is 7.80. The van der Waals surface area contributed by atoms with Crippen LogP contribution < -0.4 is 5.73 Å². The second-order valence-electron chi connectivity index (χ2n) is 6.77. The van der Waals surface area contributed by atoms with Crippen LogP contribution in [0.2, 0.25) is 0 Å². The van der Waals surface area contributed by atoms with Crippen LogP contribution in [-0.2, 0) is 6.42 Å². The van der Waals surface area contributed by atoms with Crippen molar-refractivity contribution < 1.29 is 18.7 Å². The summed E-state index contributed by atoms with van der Waals surface area (Å²) in [6, 6.07) is 11.6. The first-order valence-corrected chi connectivity index (χ1v) is 9.04. The molecular weight excluding hydrogens is 360 g/mol. The molecule has 0 heterocycles. The first-order valence-electron chi connectivity index (χ1n) is 9.04. The molecule has 28 heavy (non-hydrogen) atoms. The molecule has 0 spiro atoms. The lowest BCUT2D eigenvalue weighted by atomic mass is 9.85. The van der Waals surface area contributed by atoms with Crippen molar-refractivity contribution >= 4 is 5.91 Å². The van der Waals surface area contributed by atoms with E-state index in [1.807, 2.05) is 6.92 Å². The van der Waals surface area contributed by atoms with Gasteiger partial charge in [-0.1, -0.05) is 31.5 Å². The summed E-state index contributed by atoms with van der Waals surface area (Å²) in [6.07, 6.45) is 1.11. The highest BCUT2D eigenvalue weighted by Gasteiger charge is 2.24. The Morgan fingerprint density at radius 3 is 2.32 bits per heavy atom. The first-order chi connectivity index (χ1) is 13.3. The smallest absolute Gasteiger partial charge is 0.249 e. The number of phenolic OH excluding ortho intramolecular Hbond substituents is 1. The minimum atomic E-state index is -0.712. The highest BCUT2D eigenvalue weighted by Crippen LogP contribution is 2.41. The summed E-state index contributed by atoms with van der Waals surface area (Å²) in [5, 5.41) is 9.60. The molecule has 1 amide bonds. The molecule has 5 heteroatoms. The van der Waals surface area contributed by atoms with E-state index in [4.69, 9.17) is 5.73 Å². The molecule has 0 bridgehead atoms. The molecule has 3 aromatic rings. The Kier molecular flexibility index (Phi) is 5.45. The van der Waals surface area contributed by atoms with Gasteiger partial charge in [0, 0.05) is 16.7 Å². The summed E-state index contributed by atoms with van der Waals surface area (Å²) in [5.74, 6) is -1.65. The van der Waals surface area contributed by atoms with Crippen molar-refractivity contribution in [2.45, 2.75) is 26.7 Å². The third kappa shape index (κ3) is 3.60. The van der Waals surface area contributed by atoms with Crippen LogP contribution in [-0.4, -0.2) is 11.0 Å². The molecule has 3 N–H and O–H groups in total. The third-order valence-electron chi connectivity index (χ3n) is 4.75. The number of halogens is 2. The van der Waals surface area contributed by atoms with Crippen molar-refractivity contribution in [1.29, 1.82) is 0 Å². The molecule has 0 saturated heterocycles. The maximum absolute atomic E-state index is 15.6. The highest BCUT2D eigenvalue weighted by molar-refractivity contribution is 6.05. The van der Waals surface area contributed by atoms with E-state index in [0.717, 1.165) is 0 Å². The van der Waals surface area contributed by atoms with Gasteiger partial charge in [-0.15, -0.1) is 0 Å². The average Bonchev–Trinajstić information content (AvgIpc) is 2.66. The summed E-state index contributed by atoms with van der Waals surface area (Å²) >= 11 is 0. The number of hydrogen-bond donors (Lipinski definition) is 2. The molecule has 3 nitrogen and oxygen atoms in total. The summed E-state index contributed by atoms with van der Waals surface area (Å²) < 4.78 is 29.6. The fraction of sp³-hybridized carbons (Fsp3) is 0.174. The molecule has 0 unspecified atom stereocenters. The van der Waals surface area contributed by atoms with Crippen molar-refractivity contribution in [2.75, 3.05) is 0 Å². The number of amides is 1. The number of carbonyl (C=O) groups is 1. The molecule has 0 aromatic heterocycles. The molecule has 3 rings (SSSR count). The predicted molar refractivity (Wildman–Crippen MR) is 106 cm³/mol. The van der Waals surface area contributed by atoms with E-state index in [2.05, 4.69) is 0 Å². The van der Waals surface area contributed by atoms with Crippen LogP contribution in [0, 0.1) is 18.6 Å². The quantitative estimate of drug-likeness (QED) is 0.624. The van der Waals surface area contributed by atoms with Crippen molar-refractivity contribution in [2.24, 2.45) is 5.73 Å².